The second kappa shape index (κ2) is 5.71. The van der Waals surface area contributed by atoms with Crippen LogP contribution in [-0.4, -0.2) is 23.5 Å². The van der Waals surface area contributed by atoms with Crippen molar-refractivity contribution >= 4 is 0 Å². The lowest BCUT2D eigenvalue weighted by Crippen LogP contribution is -2.51. The number of halogens is 1. The van der Waals surface area contributed by atoms with E-state index >= 15 is 0 Å². The fourth-order valence-corrected chi connectivity index (χ4v) is 2.90. The number of nitriles is 1. The normalized spacial score (nSPS) is 23.6. The van der Waals surface area contributed by atoms with Gasteiger partial charge in [-0.2, -0.15) is 5.26 Å². The molecule has 0 N–H and O–H groups in total. The Morgan fingerprint density at radius 2 is 2.32 bits per heavy atom. The third-order valence-corrected chi connectivity index (χ3v) is 4.03. The van der Waals surface area contributed by atoms with Gasteiger partial charge in [0.2, 0.25) is 0 Å². The molecule has 19 heavy (non-hydrogen) atoms. The molecule has 1 aliphatic heterocycles. The molecule has 0 radical (unpaired) electrons. The molecule has 2 rings (SSSR count). The lowest BCUT2D eigenvalue weighted by molar-refractivity contribution is 0.0958. The molecule has 3 heteroatoms. The number of likely N-dealkylation sites (tertiary alicyclic amines) is 1. The van der Waals surface area contributed by atoms with Gasteiger partial charge in [0.1, 0.15) is 11.4 Å². The molecule has 1 saturated heterocycles. The third kappa shape index (κ3) is 3.33. The van der Waals surface area contributed by atoms with Crippen molar-refractivity contribution in [2.75, 3.05) is 13.1 Å². The van der Waals surface area contributed by atoms with E-state index in [1.807, 2.05) is 13.0 Å². The average molecular weight is 260 g/mol. The summed E-state index contributed by atoms with van der Waals surface area (Å²) >= 11 is 0. The molecule has 102 valence electrons. The van der Waals surface area contributed by atoms with Crippen LogP contribution in [0.25, 0.3) is 0 Å². The monoisotopic (exact) mass is 260 g/mol. The van der Waals surface area contributed by atoms with Crippen molar-refractivity contribution in [3.8, 4) is 6.07 Å². The molecule has 1 fully saturated rings. The molecule has 1 aliphatic rings. The average Bonchev–Trinajstić information content (AvgIpc) is 2.38. The van der Waals surface area contributed by atoms with Crippen LogP contribution in [0.5, 0.6) is 0 Å². The summed E-state index contributed by atoms with van der Waals surface area (Å²) in [6.07, 6.45) is 2.95. The van der Waals surface area contributed by atoms with E-state index in [2.05, 4.69) is 17.9 Å². The molecule has 2 nitrogen and oxygen atoms in total. The zero-order chi connectivity index (χ0) is 13.9. The van der Waals surface area contributed by atoms with Gasteiger partial charge in [0.25, 0.3) is 0 Å². The van der Waals surface area contributed by atoms with Gasteiger partial charge < -0.3 is 0 Å². The highest BCUT2D eigenvalue weighted by atomic mass is 19.1. The van der Waals surface area contributed by atoms with Crippen molar-refractivity contribution in [1.82, 2.24) is 4.90 Å². The quantitative estimate of drug-likeness (QED) is 0.833. The first-order valence-electron chi connectivity index (χ1n) is 6.94. The molecule has 1 aromatic rings. The molecule has 0 saturated carbocycles. The molecular weight excluding hydrogens is 239 g/mol. The molecule has 0 bridgehead atoms. The smallest absolute Gasteiger partial charge is 0.123 e. The van der Waals surface area contributed by atoms with Crippen LogP contribution >= 0.6 is 0 Å². The summed E-state index contributed by atoms with van der Waals surface area (Å²) in [5, 5.41) is 9.57. The molecular formula is C16H21FN2. The van der Waals surface area contributed by atoms with Gasteiger partial charge in [-0.1, -0.05) is 19.1 Å². The molecule has 2 atom stereocenters. The van der Waals surface area contributed by atoms with Crippen molar-refractivity contribution in [3.05, 3.63) is 35.6 Å². The summed E-state index contributed by atoms with van der Waals surface area (Å²) in [7, 11) is 0. The van der Waals surface area contributed by atoms with E-state index in [0.717, 1.165) is 25.1 Å². The first kappa shape index (κ1) is 14.0. The topological polar surface area (TPSA) is 27.0 Å². The Labute approximate surface area is 114 Å². The van der Waals surface area contributed by atoms with E-state index in [0.29, 0.717) is 12.3 Å². The second-order valence-electron chi connectivity index (χ2n) is 5.89. The highest BCUT2D eigenvalue weighted by Crippen LogP contribution is 2.26. The molecule has 1 aromatic carbocycles. The maximum absolute atomic E-state index is 13.3. The van der Waals surface area contributed by atoms with Crippen LogP contribution in [0.2, 0.25) is 0 Å². The minimum atomic E-state index is -0.539. The Bertz CT molecular complexity index is 480. The number of benzene rings is 1. The summed E-state index contributed by atoms with van der Waals surface area (Å²) in [4.78, 5) is 2.26. The summed E-state index contributed by atoms with van der Waals surface area (Å²) in [6, 6.07) is 9.02. The van der Waals surface area contributed by atoms with Crippen LogP contribution in [0, 0.1) is 23.1 Å². The SMILES string of the molecule is CC1CCCN(C(C)(C#N)Cc2cccc(F)c2)C1. The van der Waals surface area contributed by atoms with Crippen LogP contribution < -0.4 is 0 Å². The molecule has 0 amide bonds. The van der Waals surface area contributed by atoms with E-state index in [4.69, 9.17) is 0 Å². The van der Waals surface area contributed by atoms with Crippen LogP contribution in [0.3, 0.4) is 0 Å². The van der Waals surface area contributed by atoms with Crippen LogP contribution in [0.15, 0.2) is 24.3 Å². The van der Waals surface area contributed by atoms with Gasteiger partial charge in [-0.15, -0.1) is 0 Å². The summed E-state index contributed by atoms with van der Waals surface area (Å²) in [5.41, 5.74) is 0.352. The predicted octanol–water partition coefficient (Wildman–Crippen LogP) is 3.38. The largest absolute Gasteiger partial charge is 0.285 e. The fraction of sp³-hybridized carbons (Fsp3) is 0.562. The maximum atomic E-state index is 13.3. The van der Waals surface area contributed by atoms with E-state index in [9.17, 15) is 9.65 Å². The third-order valence-electron chi connectivity index (χ3n) is 4.03. The van der Waals surface area contributed by atoms with E-state index < -0.39 is 5.54 Å². The van der Waals surface area contributed by atoms with Crippen molar-refractivity contribution < 1.29 is 4.39 Å². The van der Waals surface area contributed by atoms with Crippen LogP contribution in [0.4, 0.5) is 4.39 Å². The van der Waals surface area contributed by atoms with Gasteiger partial charge >= 0.3 is 0 Å². The summed E-state index contributed by atoms with van der Waals surface area (Å²) < 4.78 is 13.3. The van der Waals surface area contributed by atoms with Crippen molar-refractivity contribution in [2.24, 2.45) is 5.92 Å². The van der Waals surface area contributed by atoms with Gasteiger partial charge in [0, 0.05) is 13.0 Å². The Morgan fingerprint density at radius 1 is 1.53 bits per heavy atom. The second-order valence-corrected chi connectivity index (χ2v) is 5.89. The molecule has 0 aromatic heterocycles. The lowest BCUT2D eigenvalue weighted by Gasteiger charge is -2.41. The van der Waals surface area contributed by atoms with E-state index in [1.54, 1.807) is 6.07 Å². The number of hydrogen-bond acceptors (Lipinski definition) is 2. The Hall–Kier alpha value is -1.40. The zero-order valence-electron chi connectivity index (χ0n) is 11.7. The standard InChI is InChI=1S/C16H21FN2/c1-13-5-4-8-19(11-13)16(2,12-18)10-14-6-3-7-15(17)9-14/h3,6-7,9,13H,4-5,8,10-11H2,1-2H3. The van der Waals surface area contributed by atoms with Gasteiger partial charge in [0.15, 0.2) is 0 Å². The number of hydrogen-bond donors (Lipinski definition) is 0. The Balaban J connectivity index is 2.16. The minimum absolute atomic E-state index is 0.232. The molecule has 1 heterocycles. The molecule has 2 unspecified atom stereocenters. The van der Waals surface area contributed by atoms with Gasteiger partial charge in [-0.25, -0.2) is 4.39 Å². The predicted molar refractivity (Wildman–Crippen MR) is 74.1 cm³/mol. The van der Waals surface area contributed by atoms with Crippen molar-refractivity contribution in [3.63, 3.8) is 0 Å². The first-order valence-corrected chi connectivity index (χ1v) is 6.94. The highest BCUT2D eigenvalue weighted by molar-refractivity contribution is 5.22. The van der Waals surface area contributed by atoms with Crippen LogP contribution in [0.1, 0.15) is 32.3 Å². The summed E-state index contributed by atoms with van der Waals surface area (Å²) in [5.74, 6) is 0.402. The van der Waals surface area contributed by atoms with Gasteiger partial charge in [-0.3, -0.25) is 4.90 Å². The lowest BCUT2D eigenvalue weighted by atomic mass is 9.88. The highest BCUT2D eigenvalue weighted by Gasteiger charge is 2.34. The molecule has 0 aliphatic carbocycles. The maximum Gasteiger partial charge on any atom is 0.123 e. The van der Waals surface area contributed by atoms with Gasteiger partial charge in [-0.05, 0) is 49.9 Å². The van der Waals surface area contributed by atoms with Gasteiger partial charge in [0.05, 0.1) is 6.07 Å². The zero-order valence-corrected chi connectivity index (χ0v) is 11.7. The van der Waals surface area contributed by atoms with Crippen molar-refractivity contribution in [2.45, 2.75) is 38.6 Å². The minimum Gasteiger partial charge on any atom is -0.285 e. The number of rotatable bonds is 3. The van der Waals surface area contributed by atoms with Crippen molar-refractivity contribution in [1.29, 1.82) is 5.26 Å². The Kier molecular flexibility index (Phi) is 4.21. The fourth-order valence-electron chi connectivity index (χ4n) is 2.90. The van der Waals surface area contributed by atoms with Crippen LogP contribution in [-0.2, 0) is 6.42 Å². The first-order chi connectivity index (χ1) is 9.03. The molecule has 0 spiro atoms. The Morgan fingerprint density at radius 3 is 2.95 bits per heavy atom. The number of piperidine rings is 1. The van der Waals surface area contributed by atoms with E-state index in [-0.39, 0.29) is 5.82 Å². The van der Waals surface area contributed by atoms with E-state index in [1.165, 1.54) is 18.6 Å². The number of nitrogens with zero attached hydrogens (tertiary/aromatic N) is 2. The summed E-state index contributed by atoms with van der Waals surface area (Å²) in [6.45, 7) is 6.12.